The Morgan fingerprint density at radius 3 is 2.62 bits per heavy atom. The van der Waals surface area contributed by atoms with Crippen LogP contribution in [0.1, 0.15) is 37.4 Å². The Bertz CT molecular complexity index is 591. The van der Waals surface area contributed by atoms with Crippen LogP contribution in [0.3, 0.4) is 0 Å². The van der Waals surface area contributed by atoms with Gasteiger partial charge in [-0.05, 0) is 48.1 Å². The molecule has 0 spiro atoms. The van der Waals surface area contributed by atoms with Gasteiger partial charge in [-0.25, -0.2) is 0 Å². The van der Waals surface area contributed by atoms with Crippen LogP contribution < -0.4 is 10.1 Å². The molecule has 2 atom stereocenters. The summed E-state index contributed by atoms with van der Waals surface area (Å²) in [7, 11) is 0. The second-order valence-electron chi connectivity index (χ2n) is 5.88. The van der Waals surface area contributed by atoms with Crippen LogP contribution in [0.4, 0.5) is 5.69 Å². The van der Waals surface area contributed by atoms with Crippen molar-refractivity contribution in [3.8, 4) is 5.75 Å². The lowest BCUT2D eigenvalue weighted by atomic mass is 9.85. The molecule has 0 saturated carbocycles. The van der Waals surface area contributed by atoms with Crippen LogP contribution in [0.15, 0.2) is 48.5 Å². The van der Waals surface area contributed by atoms with Gasteiger partial charge >= 0.3 is 0 Å². The lowest BCUT2D eigenvalue weighted by molar-refractivity contribution is 0.317. The molecule has 0 amide bonds. The van der Waals surface area contributed by atoms with Crippen LogP contribution in [-0.2, 0) is 6.42 Å². The van der Waals surface area contributed by atoms with Gasteiger partial charge in [0.15, 0.2) is 0 Å². The fraction of sp³-hybridized carbons (Fsp3) is 0.368. The molecule has 0 saturated heterocycles. The van der Waals surface area contributed by atoms with Crippen molar-refractivity contribution in [2.45, 2.75) is 32.7 Å². The average Bonchev–Trinajstić information content (AvgIpc) is 2.53. The maximum absolute atomic E-state index is 5.66. The van der Waals surface area contributed by atoms with Gasteiger partial charge in [-0.15, -0.1) is 0 Å². The van der Waals surface area contributed by atoms with E-state index >= 15 is 0 Å². The van der Waals surface area contributed by atoms with Crippen molar-refractivity contribution in [1.29, 1.82) is 0 Å². The normalized spacial score (nSPS) is 20.5. The molecule has 110 valence electrons. The van der Waals surface area contributed by atoms with Crippen LogP contribution in [0.25, 0.3) is 0 Å². The quantitative estimate of drug-likeness (QED) is 0.867. The van der Waals surface area contributed by atoms with Gasteiger partial charge in [0.05, 0.1) is 12.6 Å². The van der Waals surface area contributed by atoms with Crippen molar-refractivity contribution < 1.29 is 4.74 Å². The van der Waals surface area contributed by atoms with Crippen molar-refractivity contribution in [3.05, 3.63) is 59.7 Å². The summed E-state index contributed by atoms with van der Waals surface area (Å²) in [5.74, 6) is 1.55. The number of ether oxygens (including phenoxy) is 1. The third-order valence-corrected chi connectivity index (χ3v) is 4.15. The van der Waals surface area contributed by atoms with Crippen molar-refractivity contribution in [1.82, 2.24) is 0 Å². The fourth-order valence-corrected chi connectivity index (χ4v) is 3.02. The SMILES string of the molecule is CCCOc1ccc(C2Nc3ccccc3CC2C)cc1. The fourth-order valence-electron chi connectivity index (χ4n) is 3.02. The molecule has 0 aromatic heterocycles. The van der Waals surface area contributed by atoms with Crippen LogP contribution in [0, 0.1) is 5.92 Å². The third kappa shape index (κ3) is 3.05. The van der Waals surface area contributed by atoms with Gasteiger partial charge in [-0.2, -0.15) is 0 Å². The summed E-state index contributed by atoms with van der Waals surface area (Å²) in [6.45, 7) is 5.22. The molecule has 3 rings (SSSR count). The second-order valence-corrected chi connectivity index (χ2v) is 5.88. The maximum Gasteiger partial charge on any atom is 0.119 e. The van der Waals surface area contributed by atoms with Gasteiger partial charge in [-0.3, -0.25) is 0 Å². The highest BCUT2D eigenvalue weighted by Gasteiger charge is 2.25. The molecule has 1 aliphatic rings. The molecule has 2 heteroatoms. The number of nitrogens with one attached hydrogen (secondary N) is 1. The van der Waals surface area contributed by atoms with Crippen molar-refractivity contribution >= 4 is 5.69 Å². The number of hydrogen-bond donors (Lipinski definition) is 1. The lowest BCUT2D eigenvalue weighted by Crippen LogP contribution is -2.25. The predicted octanol–water partition coefficient (Wildman–Crippen LogP) is 4.82. The highest BCUT2D eigenvalue weighted by molar-refractivity contribution is 5.55. The topological polar surface area (TPSA) is 21.3 Å². The van der Waals surface area contributed by atoms with E-state index in [1.165, 1.54) is 16.8 Å². The van der Waals surface area contributed by atoms with Crippen LogP contribution >= 0.6 is 0 Å². The number of para-hydroxylation sites is 1. The molecule has 2 aromatic rings. The molecule has 0 fully saturated rings. The largest absolute Gasteiger partial charge is 0.494 e. The highest BCUT2D eigenvalue weighted by atomic mass is 16.5. The minimum atomic E-state index is 0.375. The molecular formula is C19H23NO. The zero-order valence-corrected chi connectivity index (χ0v) is 12.8. The predicted molar refractivity (Wildman–Crippen MR) is 87.9 cm³/mol. The van der Waals surface area contributed by atoms with Crippen LogP contribution in [0.2, 0.25) is 0 Å². The summed E-state index contributed by atoms with van der Waals surface area (Å²) in [4.78, 5) is 0. The van der Waals surface area contributed by atoms with E-state index in [4.69, 9.17) is 4.74 Å². The minimum absolute atomic E-state index is 0.375. The molecule has 1 aliphatic heterocycles. The molecule has 1 heterocycles. The molecule has 1 N–H and O–H groups in total. The minimum Gasteiger partial charge on any atom is -0.494 e. The van der Waals surface area contributed by atoms with E-state index in [-0.39, 0.29) is 0 Å². The smallest absolute Gasteiger partial charge is 0.119 e. The standard InChI is InChI=1S/C19H23NO/c1-3-12-21-17-10-8-15(9-11-17)19-14(2)13-16-6-4-5-7-18(16)20-19/h4-11,14,19-20H,3,12-13H2,1-2H3. The maximum atomic E-state index is 5.66. The Hall–Kier alpha value is -1.96. The summed E-state index contributed by atoms with van der Waals surface area (Å²) in [6, 6.07) is 17.5. The van der Waals surface area contributed by atoms with E-state index in [9.17, 15) is 0 Å². The van der Waals surface area contributed by atoms with E-state index in [1.54, 1.807) is 0 Å². The third-order valence-electron chi connectivity index (χ3n) is 4.15. The number of benzene rings is 2. The Labute approximate surface area is 127 Å². The average molecular weight is 281 g/mol. The van der Waals surface area contributed by atoms with E-state index in [0.29, 0.717) is 12.0 Å². The number of rotatable bonds is 4. The van der Waals surface area contributed by atoms with Crippen molar-refractivity contribution in [2.24, 2.45) is 5.92 Å². The lowest BCUT2D eigenvalue weighted by Gasteiger charge is -2.33. The Kier molecular flexibility index (Phi) is 4.14. The van der Waals surface area contributed by atoms with Gasteiger partial charge in [0.25, 0.3) is 0 Å². The summed E-state index contributed by atoms with van der Waals surface area (Å²) >= 11 is 0. The summed E-state index contributed by atoms with van der Waals surface area (Å²) in [6.07, 6.45) is 2.17. The summed E-state index contributed by atoms with van der Waals surface area (Å²) in [5.41, 5.74) is 4.02. The highest BCUT2D eigenvalue weighted by Crippen LogP contribution is 2.36. The van der Waals surface area contributed by atoms with E-state index in [0.717, 1.165) is 25.2 Å². The summed E-state index contributed by atoms with van der Waals surface area (Å²) < 4.78 is 5.66. The first-order valence-corrected chi connectivity index (χ1v) is 7.85. The first kappa shape index (κ1) is 14.0. The zero-order chi connectivity index (χ0) is 14.7. The zero-order valence-electron chi connectivity index (χ0n) is 12.8. The first-order chi connectivity index (χ1) is 10.3. The van der Waals surface area contributed by atoms with E-state index in [2.05, 4.69) is 67.7 Å². The molecule has 21 heavy (non-hydrogen) atoms. The number of fused-ring (bicyclic) bond motifs is 1. The van der Waals surface area contributed by atoms with Gasteiger partial charge in [0, 0.05) is 5.69 Å². The monoisotopic (exact) mass is 281 g/mol. The van der Waals surface area contributed by atoms with E-state index in [1.807, 2.05) is 0 Å². The van der Waals surface area contributed by atoms with Gasteiger partial charge < -0.3 is 10.1 Å². The molecule has 2 nitrogen and oxygen atoms in total. The van der Waals surface area contributed by atoms with Crippen LogP contribution in [-0.4, -0.2) is 6.61 Å². The second kappa shape index (κ2) is 6.21. The van der Waals surface area contributed by atoms with Gasteiger partial charge in [-0.1, -0.05) is 44.2 Å². The molecule has 2 aromatic carbocycles. The van der Waals surface area contributed by atoms with Crippen LogP contribution in [0.5, 0.6) is 5.75 Å². The Morgan fingerprint density at radius 1 is 1.10 bits per heavy atom. The van der Waals surface area contributed by atoms with Crippen molar-refractivity contribution in [2.75, 3.05) is 11.9 Å². The number of anilines is 1. The first-order valence-electron chi connectivity index (χ1n) is 7.85. The summed E-state index contributed by atoms with van der Waals surface area (Å²) in [5, 5.41) is 3.68. The van der Waals surface area contributed by atoms with Gasteiger partial charge in [0.1, 0.15) is 5.75 Å². The van der Waals surface area contributed by atoms with Gasteiger partial charge in [0.2, 0.25) is 0 Å². The Balaban J connectivity index is 1.77. The Morgan fingerprint density at radius 2 is 1.86 bits per heavy atom. The molecule has 2 unspecified atom stereocenters. The van der Waals surface area contributed by atoms with E-state index < -0.39 is 0 Å². The molecule has 0 bridgehead atoms. The molecule has 0 radical (unpaired) electrons. The number of hydrogen-bond acceptors (Lipinski definition) is 2. The molecule has 0 aliphatic carbocycles. The van der Waals surface area contributed by atoms with Crippen molar-refractivity contribution in [3.63, 3.8) is 0 Å². The molecular weight excluding hydrogens is 258 g/mol.